The second-order valence-corrected chi connectivity index (χ2v) is 6.94. The molecule has 2 aromatic rings. The van der Waals surface area contributed by atoms with Crippen LogP contribution in [0.15, 0.2) is 47.6 Å². The highest BCUT2D eigenvalue weighted by molar-refractivity contribution is 5.80. The zero-order valence-electron chi connectivity index (χ0n) is 17.3. The predicted molar refractivity (Wildman–Crippen MR) is 112 cm³/mol. The number of guanidine groups is 1. The van der Waals surface area contributed by atoms with E-state index in [2.05, 4.69) is 20.2 Å². The number of esters is 1. The van der Waals surface area contributed by atoms with E-state index < -0.39 is 0 Å². The SMILES string of the molecule is CCOC(=O)C1CCN(C(=NC)NCc2cccnc2Oc2cccc(F)c2)CC1. The van der Waals surface area contributed by atoms with Crippen LogP contribution in [0.4, 0.5) is 4.39 Å². The van der Waals surface area contributed by atoms with Crippen molar-refractivity contribution in [2.75, 3.05) is 26.7 Å². The molecule has 1 N–H and O–H groups in total. The quantitative estimate of drug-likeness (QED) is 0.444. The van der Waals surface area contributed by atoms with Crippen LogP contribution in [0.3, 0.4) is 0 Å². The molecule has 0 amide bonds. The summed E-state index contributed by atoms with van der Waals surface area (Å²) in [5.74, 6) is 1.01. The number of aromatic nitrogens is 1. The van der Waals surface area contributed by atoms with Crippen LogP contribution in [0.5, 0.6) is 11.6 Å². The van der Waals surface area contributed by atoms with Gasteiger partial charge in [-0.05, 0) is 38.0 Å². The molecule has 0 unspecified atom stereocenters. The Morgan fingerprint density at radius 3 is 2.80 bits per heavy atom. The van der Waals surface area contributed by atoms with Gasteiger partial charge in [-0.1, -0.05) is 12.1 Å². The van der Waals surface area contributed by atoms with E-state index in [1.807, 2.05) is 19.1 Å². The number of halogens is 1. The van der Waals surface area contributed by atoms with Crippen LogP contribution < -0.4 is 10.1 Å². The first kappa shape index (κ1) is 21.5. The highest BCUT2D eigenvalue weighted by Gasteiger charge is 2.27. The van der Waals surface area contributed by atoms with Crippen molar-refractivity contribution in [3.63, 3.8) is 0 Å². The molecule has 1 fully saturated rings. The average Bonchev–Trinajstić information content (AvgIpc) is 2.76. The molecule has 1 aromatic heterocycles. The number of hydrogen-bond donors (Lipinski definition) is 1. The van der Waals surface area contributed by atoms with Gasteiger partial charge in [0.1, 0.15) is 11.6 Å². The summed E-state index contributed by atoms with van der Waals surface area (Å²) in [6.07, 6.45) is 3.10. The summed E-state index contributed by atoms with van der Waals surface area (Å²) in [6.45, 7) is 4.13. The molecule has 8 heteroatoms. The lowest BCUT2D eigenvalue weighted by molar-refractivity contribution is -0.149. The summed E-state index contributed by atoms with van der Waals surface area (Å²) >= 11 is 0. The number of carbonyl (C=O) groups is 1. The predicted octanol–water partition coefficient (Wildman–Crippen LogP) is 3.36. The standard InChI is InChI=1S/C22H27FN4O3/c1-3-29-21(28)16-9-12-27(13-10-16)22(24-2)26-15-17-6-5-11-25-20(17)30-19-8-4-7-18(23)14-19/h4-8,11,14,16H,3,9-10,12-13,15H2,1-2H3,(H,24,26). The van der Waals surface area contributed by atoms with Crippen LogP contribution in [0.2, 0.25) is 0 Å². The van der Waals surface area contributed by atoms with Crippen molar-refractivity contribution < 1.29 is 18.7 Å². The fourth-order valence-corrected chi connectivity index (χ4v) is 3.39. The first-order valence-electron chi connectivity index (χ1n) is 10.1. The van der Waals surface area contributed by atoms with Crippen LogP contribution >= 0.6 is 0 Å². The molecule has 1 aliphatic heterocycles. The highest BCUT2D eigenvalue weighted by Crippen LogP contribution is 2.24. The van der Waals surface area contributed by atoms with Gasteiger partial charge in [-0.3, -0.25) is 9.79 Å². The molecule has 0 saturated carbocycles. The molecule has 3 rings (SSSR count). The zero-order valence-corrected chi connectivity index (χ0v) is 17.3. The number of ether oxygens (including phenoxy) is 2. The number of nitrogens with zero attached hydrogens (tertiary/aromatic N) is 3. The van der Waals surface area contributed by atoms with E-state index in [-0.39, 0.29) is 17.7 Å². The number of pyridine rings is 1. The van der Waals surface area contributed by atoms with Crippen LogP contribution in [0.25, 0.3) is 0 Å². The molecule has 0 bridgehead atoms. The fraction of sp³-hybridized carbons (Fsp3) is 0.409. The Balaban J connectivity index is 1.59. The number of nitrogens with one attached hydrogen (secondary N) is 1. The maximum atomic E-state index is 13.4. The molecular formula is C22H27FN4O3. The van der Waals surface area contributed by atoms with Gasteiger partial charge in [0.15, 0.2) is 5.96 Å². The first-order valence-corrected chi connectivity index (χ1v) is 10.1. The van der Waals surface area contributed by atoms with Crippen LogP contribution in [0, 0.1) is 11.7 Å². The van der Waals surface area contributed by atoms with E-state index in [0.29, 0.717) is 24.8 Å². The van der Waals surface area contributed by atoms with Crippen molar-refractivity contribution in [3.05, 3.63) is 54.0 Å². The monoisotopic (exact) mass is 414 g/mol. The molecule has 30 heavy (non-hydrogen) atoms. The number of rotatable bonds is 6. The van der Waals surface area contributed by atoms with Crippen LogP contribution in [-0.2, 0) is 16.1 Å². The minimum atomic E-state index is -0.366. The van der Waals surface area contributed by atoms with Crippen molar-refractivity contribution in [1.29, 1.82) is 0 Å². The molecule has 0 radical (unpaired) electrons. The fourth-order valence-electron chi connectivity index (χ4n) is 3.39. The Kier molecular flexibility index (Phi) is 7.59. The second kappa shape index (κ2) is 10.6. The number of carbonyl (C=O) groups excluding carboxylic acids is 1. The van der Waals surface area contributed by atoms with Gasteiger partial charge in [0, 0.05) is 44.5 Å². The Labute approximate surface area is 175 Å². The van der Waals surface area contributed by atoms with Gasteiger partial charge < -0.3 is 19.7 Å². The third kappa shape index (κ3) is 5.68. The molecule has 1 aromatic carbocycles. The Bertz CT molecular complexity index is 882. The molecule has 2 heterocycles. The second-order valence-electron chi connectivity index (χ2n) is 6.94. The summed E-state index contributed by atoms with van der Waals surface area (Å²) < 4.78 is 24.3. The molecule has 7 nitrogen and oxygen atoms in total. The molecule has 160 valence electrons. The van der Waals surface area contributed by atoms with E-state index in [1.54, 1.807) is 25.4 Å². The number of piperidine rings is 1. The summed E-state index contributed by atoms with van der Waals surface area (Å²) in [5, 5.41) is 3.33. The van der Waals surface area contributed by atoms with Crippen molar-refractivity contribution >= 4 is 11.9 Å². The van der Waals surface area contributed by atoms with Crippen LogP contribution in [-0.4, -0.2) is 48.6 Å². The largest absolute Gasteiger partial charge is 0.466 e. The Hall–Kier alpha value is -3.16. The Morgan fingerprint density at radius 2 is 2.10 bits per heavy atom. The smallest absolute Gasteiger partial charge is 0.309 e. The summed E-state index contributed by atoms with van der Waals surface area (Å²) in [6, 6.07) is 9.67. The first-order chi connectivity index (χ1) is 14.6. The molecule has 0 atom stereocenters. The van der Waals surface area contributed by atoms with Crippen molar-refractivity contribution in [1.82, 2.24) is 15.2 Å². The molecular weight excluding hydrogens is 387 g/mol. The normalized spacial score (nSPS) is 15.0. The third-order valence-electron chi connectivity index (χ3n) is 4.92. The number of benzene rings is 1. The van der Waals surface area contributed by atoms with Crippen LogP contribution in [0.1, 0.15) is 25.3 Å². The molecule has 1 saturated heterocycles. The number of aliphatic imine (C=N–C) groups is 1. The van der Waals surface area contributed by atoms with E-state index in [1.165, 1.54) is 12.1 Å². The number of hydrogen-bond acceptors (Lipinski definition) is 5. The maximum absolute atomic E-state index is 13.4. The average molecular weight is 414 g/mol. The minimum Gasteiger partial charge on any atom is -0.466 e. The van der Waals surface area contributed by atoms with Gasteiger partial charge >= 0.3 is 5.97 Å². The van der Waals surface area contributed by atoms with Crippen molar-refractivity contribution in [2.45, 2.75) is 26.3 Å². The van der Waals surface area contributed by atoms with E-state index in [0.717, 1.165) is 37.5 Å². The molecule has 1 aliphatic rings. The lowest BCUT2D eigenvalue weighted by Gasteiger charge is -2.33. The van der Waals surface area contributed by atoms with Gasteiger partial charge in [0.05, 0.1) is 12.5 Å². The van der Waals surface area contributed by atoms with E-state index in [4.69, 9.17) is 9.47 Å². The van der Waals surface area contributed by atoms with Crippen molar-refractivity contribution in [3.8, 4) is 11.6 Å². The summed E-state index contributed by atoms with van der Waals surface area (Å²) in [4.78, 5) is 22.7. The van der Waals surface area contributed by atoms with Gasteiger partial charge in [0.25, 0.3) is 0 Å². The minimum absolute atomic E-state index is 0.0519. The lowest BCUT2D eigenvalue weighted by Crippen LogP contribution is -2.46. The molecule has 0 aliphatic carbocycles. The summed E-state index contributed by atoms with van der Waals surface area (Å²) in [5.41, 5.74) is 0.823. The van der Waals surface area contributed by atoms with Crippen molar-refractivity contribution in [2.24, 2.45) is 10.9 Å². The van der Waals surface area contributed by atoms with Gasteiger partial charge in [0.2, 0.25) is 5.88 Å². The molecule has 0 spiro atoms. The van der Waals surface area contributed by atoms with Gasteiger partial charge in [-0.25, -0.2) is 9.37 Å². The lowest BCUT2D eigenvalue weighted by atomic mass is 9.97. The topological polar surface area (TPSA) is 76.0 Å². The van der Waals surface area contributed by atoms with Gasteiger partial charge in [-0.2, -0.15) is 0 Å². The van der Waals surface area contributed by atoms with E-state index in [9.17, 15) is 9.18 Å². The third-order valence-corrected chi connectivity index (χ3v) is 4.92. The maximum Gasteiger partial charge on any atom is 0.309 e. The zero-order chi connectivity index (χ0) is 21.3. The summed E-state index contributed by atoms with van der Waals surface area (Å²) in [7, 11) is 1.73. The van der Waals surface area contributed by atoms with Gasteiger partial charge in [-0.15, -0.1) is 0 Å². The number of likely N-dealkylation sites (tertiary alicyclic amines) is 1. The Morgan fingerprint density at radius 1 is 1.30 bits per heavy atom. The van der Waals surface area contributed by atoms with E-state index >= 15 is 0 Å². The highest BCUT2D eigenvalue weighted by atomic mass is 19.1.